The Kier molecular flexibility index (Phi) is 5.29. The summed E-state index contributed by atoms with van der Waals surface area (Å²) in [7, 11) is -2.14. The largest absolute Gasteiger partial charge is 0.342 e. The van der Waals surface area contributed by atoms with Crippen LogP contribution >= 0.6 is 0 Å². The van der Waals surface area contributed by atoms with Gasteiger partial charge in [0.1, 0.15) is 0 Å². The number of carbonyl (C=O) groups excluding carboxylic acids is 1. The van der Waals surface area contributed by atoms with E-state index in [2.05, 4.69) is 20.8 Å². The second-order valence-corrected chi connectivity index (χ2v) is 9.05. The van der Waals surface area contributed by atoms with Crippen molar-refractivity contribution < 1.29 is 13.2 Å². The summed E-state index contributed by atoms with van der Waals surface area (Å²) >= 11 is 0. The topological polar surface area (TPSA) is 110 Å². The molecule has 10 heteroatoms. The van der Waals surface area contributed by atoms with Crippen LogP contribution in [0.4, 0.5) is 0 Å². The summed E-state index contributed by atoms with van der Waals surface area (Å²) in [4.78, 5) is 12.7. The van der Waals surface area contributed by atoms with Crippen LogP contribution in [0.1, 0.15) is 61.9 Å². The van der Waals surface area contributed by atoms with Gasteiger partial charge in [0.2, 0.25) is 10.0 Å². The van der Waals surface area contributed by atoms with Gasteiger partial charge in [-0.2, -0.15) is 4.31 Å². The van der Waals surface area contributed by atoms with E-state index in [0.29, 0.717) is 11.9 Å². The van der Waals surface area contributed by atoms with Crippen molar-refractivity contribution in [2.24, 2.45) is 0 Å². The molecule has 0 radical (unpaired) electrons. The molecule has 146 valence electrons. The fourth-order valence-corrected chi connectivity index (χ4v) is 4.06. The standard InChI is InChI=1S/C17H24N6O3S/c1-11(2)22(4)27(25,26)15-7-5-6-13(10-15)17(24)18-12(3)16-19-20-21-23(16)14-8-9-14/h5-7,10-12,14H,8-9H2,1-4H3,(H,18,24)/t12-/m1/s1. The van der Waals surface area contributed by atoms with Crippen LogP contribution in [-0.4, -0.2) is 51.9 Å². The van der Waals surface area contributed by atoms with Gasteiger partial charge < -0.3 is 5.32 Å². The van der Waals surface area contributed by atoms with E-state index < -0.39 is 16.1 Å². The van der Waals surface area contributed by atoms with Crippen molar-refractivity contribution in [3.63, 3.8) is 0 Å². The van der Waals surface area contributed by atoms with E-state index in [1.165, 1.54) is 23.5 Å². The second kappa shape index (κ2) is 7.35. The molecule has 1 saturated carbocycles. The number of tetrazole rings is 1. The molecule has 0 unspecified atom stereocenters. The predicted molar refractivity (Wildman–Crippen MR) is 98.5 cm³/mol. The molecular formula is C17H24N6O3S. The van der Waals surface area contributed by atoms with Crippen molar-refractivity contribution in [3.8, 4) is 0 Å². The highest BCUT2D eigenvalue weighted by atomic mass is 32.2. The fraction of sp³-hybridized carbons (Fsp3) is 0.529. The Bertz CT molecular complexity index is 936. The molecule has 1 aromatic carbocycles. The van der Waals surface area contributed by atoms with E-state index >= 15 is 0 Å². The molecule has 27 heavy (non-hydrogen) atoms. The van der Waals surface area contributed by atoms with Crippen molar-refractivity contribution >= 4 is 15.9 Å². The van der Waals surface area contributed by atoms with E-state index in [0.717, 1.165) is 12.8 Å². The molecule has 1 heterocycles. The van der Waals surface area contributed by atoms with E-state index in [1.807, 2.05) is 0 Å². The van der Waals surface area contributed by atoms with Gasteiger partial charge in [0, 0.05) is 18.7 Å². The van der Waals surface area contributed by atoms with Gasteiger partial charge in [-0.05, 0) is 62.2 Å². The summed E-state index contributed by atoms with van der Waals surface area (Å²) in [6, 6.07) is 5.74. The van der Waals surface area contributed by atoms with Crippen LogP contribution in [0.5, 0.6) is 0 Å². The molecule has 3 rings (SSSR count). The van der Waals surface area contributed by atoms with Gasteiger partial charge in [0.05, 0.1) is 17.0 Å². The lowest BCUT2D eigenvalue weighted by molar-refractivity contribution is 0.0937. The van der Waals surface area contributed by atoms with Crippen molar-refractivity contribution in [2.45, 2.75) is 56.6 Å². The van der Waals surface area contributed by atoms with Gasteiger partial charge in [0.15, 0.2) is 5.82 Å². The van der Waals surface area contributed by atoms with Gasteiger partial charge >= 0.3 is 0 Å². The van der Waals surface area contributed by atoms with Crippen LogP contribution in [0, 0.1) is 0 Å². The highest BCUT2D eigenvalue weighted by Crippen LogP contribution is 2.35. The minimum Gasteiger partial charge on any atom is -0.342 e. The molecule has 1 atom stereocenters. The third-order valence-electron chi connectivity index (χ3n) is 4.65. The summed E-state index contributed by atoms with van der Waals surface area (Å²) in [5.41, 5.74) is 0.269. The van der Waals surface area contributed by atoms with E-state index in [1.54, 1.807) is 37.6 Å². The van der Waals surface area contributed by atoms with Crippen molar-refractivity contribution in [1.29, 1.82) is 0 Å². The molecule has 1 amide bonds. The Morgan fingerprint density at radius 2 is 2.00 bits per heavy atom. The highest BCUT2D eigenvalue weighted by molar-refractivity contribution is 7.89. The molecule has 2 aromatic rings. The summed E-state index contributed by atoms with van der Waals surface area (Å²) in [6.45, 7) is 5.38. The second-order valence-electron chi connectivity index (χ2n) is 7.05. The maximum Gasteiger partial charge on any atom is 0.251 e. The summed E-state index contributed by atoms with van der Waals surface area (Å²) < 4.78 is 28.3. The SMILES string of the molecule is CC(C)N(C)S(=O)(=O)c1cccc(C(=O)N[C@H](C)c2nnnn2C2CC2)c1. The van der Waals surface area contributed by atoms with Crippen LogP contribution in [0.15, 0.2) is 29.2 Å². The average molecular weight is 392 g/mol. The number of aromatic nitrogens is 4. The fourth-order valence-electron chi connectivity index (χ4n) is 2.65. The maximum atomic E-state index is 12.6. The molecule has 0 aliphatic heterocycles. The number of nitrogens with one attached hydrogen (secondary N) is 1. The molecule has 1 aliphatic carbocycles. The third-order valence-corrected chi connectivity index (χ3v) is 6.68. The van der Waals surface area contributed by atoms with E-state index in [4.69, 9.17) is 0 Å². The number of sulfonamides is 1. The molecule has 0 spiro atoms. The van der Waals surface area contributed by atoms with Gasteiger partial charge in [-0.3, -0.25) is 4.79 Å². The predicted octanol–water partition coefficient (Wildman–Crippen LogP) is 1.53. The van der Waals surface area contributed by atoms with Crippen LogP contribution in [0.2, 0.25) is 0 Å². The first-order chi connectivity index (χ1) is 12.7. The number of amides is 1. The maximum absolute atomic E-state index is 12.6. The van der Waals surface area contributed by atoms with Crippen LogP contribution < -0.4 is 5.32 Å². The molecule has 1 N–H and O–H groups in total. The number of hydrogen-bond acceptors (Lipinski definition) is 6. The molecule has 1 aliphatic rings. The number of hydrogen-bond donors (Lipinski definition) is 1. The monoisotopic (exact) mass is 392 g/mol. The lowest BCUT2D eigenvalue weighted by atomic mass is 10.2. The Labute approximate surface area is 158 Å². The molecule has 1 fully saturated rings. The first-order valence-electron chi connectivity index (χ1n) is 8.88. The quantitative estimate of drug-likeness (QED) is 0.765. The zero-order chi connectivity index (χ0) is 19.8. The zero-order valence-electron chi connectivity index (χ0n) is 15.8. The molecular weight excluding hydrogens is 368 g/mol. The number of carbonyl (C=O) groups is 1. The van der Waals surface area contributed by atoms with Crippen molar-refractivity contribution in [2.75, 3.05) is 7.05 Å². The summed E-state index contributed by atoms with van der Waals surface area (Å²) in [5.74, 6) is 0.214. The third kappa shape index (κ3) is 4.01. The van der Waals surface area contributed by atoms with Crippen molar-refractivity contribution in [1.82, 2.24) is 29.8 Å². The smallest absolute Gasteiger partial charge is 0.251 e. The summed E-state index contributed by atoms with van der Waals surface area (Å²) in [5, 5.41) is 14.5. The van der Waals surface area contributed by atoms with Crippen LogP contribution in [0.25, 0.3) is 0 Å². The first kappa shape index (κ1) is 19.4. The number of nitrogens with zero attached hydrogens (tertiary/aromatic N) is 5. The Morgan fingerprint density at radius 1 is 1.30 bits per heavy atom. The van der Waals surface area contributed by atoms with Gasteiger partial charge in [-0.25, -0.2) is 13.1 Å². The highest BCUT2D eigenvalue weighted by Gasteiger charge is 2.30. The number of rotatable bonds is 7. The Hall–Kier alpha value is -2.33. The van der Waals surface area contributed by atoms with Crippen LogP contribution in [0.3, 0.4) is 0 Å². The van der Waals surface area contributed by atoms with Gasteiger partial charge in [0.25, 0.3) is 5.91 Å². The first-order valence-corrected chi connectivity index (χ1v) is 10.3. The normalized spacial score (nSPS) is 15.9. The summed E-state index contributed by atoms with van der Waals surface area (Å²) in [6.07, 6.45) is 2.06. The van der Waals surface area contributed by atoms with Crippen LogP contribution in [-0.2, 0) is 10.0 Å². The lowest BCUT2D eigenvalue weighted by Crippen LogP contribution is -2.33. The minimum atomic E-state index is -3.66. The molecule has 9 nitrogen and oxygen atoms in total. The lowest BCUT2D eigenvalue weighted by Gasteiger charge is -2.21. The molecule has 0 bridgehead atoms. The zero-order valence-corrected chi connectivity index (χ0v) is 16.6. The molecule has 0 saturated heterocycles. The van der Waals surface area contributed by atoms with E-state index in [-0.39, 0.29) is 22.4 Å². The Morgan fingerprint density at radius 3 is 2.63 bits per heavy atom. The minimum absolute atomic E-state index is 0.0850. The van der Waals surface area contributed by atoms with Crippen molar-refractivity contribution in [3.05, 3.63) is 35.7 Å². The molecule has 1 aromatic heterocycles. The number of benzene rings is 1. The van der Waals surface area contributed by atoms with Gasteiger partial charge in [-0.1, -0.05) is 6.07 Å². The average Bonchev–Trinajstić information content (AvgIpc) is 3.37. The van der Waals surface area contributed by atoms with E-state index in [9.17, 15) is 13.2 Å². The van der Waals surface area contributed by atoms with Gasteiger partial charge in [-0.15, -0.1) is 5.10 Å². The Balaban J connectivity index is 1.78.